The van der Waals surface area contributed by atoms with Crippen LogP contribution in [0.25, 0.3) is 10.8 Å². The van der Waals surface area contributed by atoms with E-state index in [9.17, 15) is 9.59 Å². The average molecular weight is 342 g/mol. The van der Waals surface area contributed by atoms with Crippen LogP contribution in [-0.4, -0.2) is 38.7 Å². The quantitative estimate of drug-likeness (QED) is 0.729. The number of quaternary nitrogens is 1. The zero-order valence-electron chi connectivity index (χ0n) is 14.6. The molecule has 3 N–H and O–H groups in total. The minimum atomic E-state index is -0.389. The van der Waals surface area contributed by atoms with Gasteiger partial charge in [0, 0.05) is 11.6 Å². The lowest BCUT2D eigenvalue weighted by atomic mass is 10.1. The first kappa shape index (κ1) is 17.2. The van der Waals surface area contributed by atoms with Crippen molar-refractivity contribution in [2.24, 2.45) is 0 Å². The highest BCUT2D eigenvalue weighted by Crippen LogP contribution is 2.21. The predicted octanol–water partition coefficient (Wildman–Crippen LogP) is 0.851. The molecular weight excluding hydrogens is 318 g/mol. The molecule has 132 valence electrons. The molecule has 6 nitrogen and oxygen atoms in total. The van der Waals surface area contributed by atoms with E-state index in [4.69, 9.17) is 4.74 Å². The minimum absolute atomic E-state index is 0.245. The Morgan fingerprint density at radius 3 is 2.60 bits per heavy atom. The van der Waals surface area contributed by atoms with Crippen molar-refractivity contribution in [3.05, 3.63) is 42.0 Å². The monoisotopic (exact) mass is 342 g/mol. The molecule has 2 aromatic carbocycles. The van der Waals surface area contributed by atoms with E-state index in [1.165, 1.54) is 0 Å². The predicted molar refractivity (Wildman–Crippen MR) is 95.7 cm³/mol. The second kappa shape index (κ2) is 7.53. The highest BCUT2D eigenvalue weighted by molar-refractivity contribution is 5.94. The van der Waals surface area contributed by atoms with E-state index in [2.05, 4.69) is 28.8 Å². The third-order valence-corrected chi connectivity index (χ3v) is 4.25. The lowest BCUT2D eigenvalue weighted by molar-refractivity contribution is -0.885. The normalized spacial score (nSPS) is 14.8. The summed E-state index contributed by atoms with van der Waals surface area (Å²) in [5.74, 6) is 0.574. The number of methoxy groups -OCH3 is 1. The van der Waals surface area contributed by atoms with Crippen molar-refractivity contribution in [2.75, 3.05) is 20.7 Å². The maximum absolute atomic E-state index is 11.9. The third kappa shape index (κ3) is 4.93. The number of nitrogens with one attached hydrogen (secondary N) is 3. The van der Waals surface area contributed by atoms with Crippen molar-refractivity contribution in [2.45, 2.75) is 25.4 Å². The van der Waals surface area contributed by atoms with Crippen molar-refractivity contribution in [1.82, 2.24) is 10.6 Å². The van der Waals surface area contributed by atoms with Crippen LogP contribution in [0.4, 0.5) is 4.79 Å². The Bertz CT molecular complexity index is 787. The molecule has 1 aliphatic rings. The molecule has 3 amide bonds. The van der Waals surface area contributed by atoms with Crippen molar-refractivity contribution < 1.29 is 19.2 Å². The Morgan fingerprint density at radius 1 is 1.16 bits per heavy atom. The lowest BCUT2D eigenvalue weighted by Crippen LogP contribution is -3.09. The number of hydrogen-bond donors (Lipinski definition) is 3. The largest absolute Gasteiger partial charge is 0.497 e. The third-order valence-electron chi connectivity index (χ3n) is 4.25. The van der Waals surface area contributed by atoms with Crippen LogP contribution in [0.2, 0.25) is 0 Å². The summed E-state index contributed by atoms with van der Waals surface area (Å²) in [6, 6.07) is 12.1. The van der Waals surface area contributed by atoms with Gasteiger partial charge >= 0.3 is 6.03 Å². The summed E-state index contributed by atoms with van der Waals surface area (Å²) in [5.41, 5.74) is 1.14. The summed E-state index contributed by atoms with van der Waals surface area (Å²) in [5, 5.41) is 7.39. The highest BCUT2D eigenvalue weighted by Gasteiger charge is 2.24. The van der Waals surface area contributed by atoms with E-state index in [0.717, 1.165) is 39.8 Å². The number of rotatable bonds is 6. The van der Waals surface area contributed by atoms with E-state index < -0.39 is 0 Å². The standard InChI is InChI=1S/C19H23N3O3/c1-22(12-18(23)21-19(24)20-16-6-7-16)11-13-3-4-15-10-17(25-2)8-5-14(15)9-13/h3-5,8-10,16H,6-7,11-12H2,1-2H3,(H2,20,21,23,24)/p+1. The van der Waals surface area contributed by atoms with Gasteiger partial charge in [0.1, 0.15) is 12.3 Å². The molecule has 1 fully saturated rings. The zero-order chi connectivity index (χ0) is 17.8. The van der Waals surface area contributed by atoms with Crippen molar-refractivity contribution in [1.29, 1.82) is 0 Å². The second-order valence-corrected chi connectivity index (χ2v) is 6.65. The van der Waals surface area contributed by atoms with Crippen LogP contribution in [0, 0.1) is 0 Å². The average Bonchev–Trinajstić information content (AvgIpc) is 3.37. The van der Waals surface area contributed by atoms with Gasteiger partial charge in [0.05, 0.1) is 14.2 Å². The number of benzene rings is 2. The number of fused-ring (bicyclic) bond motifs is 1. The molecule has 6 heteroatoms. The number of urea groups is 1. The molecule has 0 heterocycles. The molecule has 0 aromatic heterocycles. The molecule has 0 radical (unpaired) electrons. The number of imide groups is 1. The molecule has 0 aliphatic heterocycles. The number of carbonyl (C=O) groups excluding carboxylic acids is 2. The summed E-state index contributed by atoms with van der Waals surface area (Å²) in [7, 11) is 3.60. The highest BCUT2D eigenvalue weighted by atomic mass is 16.5. The van der Waals surface area contributed by atoms with Crippen molar-refractivity contribution in [3.8, 4) is 5.75 Å². The molecular formula is C19H24N3O3+. The van der Waals surface area contributed by atoms with Crippen LogP contribution in [0.1, 0.15) is 18.4 Å². The molecule has 0 spiro atoms. The van der Waals surface area contributed by atoms with Gasteiger partial charge in [0.15, 0.2) is 6.54 Å². The van der Waals surface area contributed by atoms with Gasteiger partial charge in [0.25, 0.3) is 5.91 Å². The fraction of sp³-hybridized carbons (Fsp3) is 0.368. The van der Waals surface area contributed by atoms with E-state index in [1.54, 1.807) is 7.11 Å². The Kier molecular flexibility index (Phi) is 5.19. The lowest BCUT2D eigenvalue weighted by Gasteiger charge is -2.14. The van der Waals surface area contributed by atoms with Gasteiger partial charge in [0.2, 0.25) is 0 Å². The van der Waals surface area contributed by atoms with Gasteiger partial charge in [-0.1, -0.05) is 18.2 Å². The number of ether oxygens (including phenoxy) is 1. The zero-order valence-corrected chi connectivity index (χ0v) is 14.6. The Morgan fingerprint density at radius 2 is 1.88 bits per heavy atom. The van der Waals surface area contributed by atoms with Gasteiger partial charge < -0.3 is 15.0 Å². The van der Waals surface area contributed by atoms with E-state index in [1.807, 2.05) is 25.2 Å². The van der Waals surface area contributed by atoms with Gasteiger partial charge in [-0.25, -0.2) is 4.79 Å². The molecule has 1 atom stereocenters. The smallest absolute Gasteiger partial charge is 0.321 e. The van der Waals surface area contributed by atoms with Crippen LogP contribution in [0.3, 0.4) is 0 Å². The first-order valence-electron chi connectivity index (χ1n) is 8.52. The van der Waals surface area contributed by atoms with Crippen molar-refractivity contribution in [3.63, 3.8) is 0 Å². The van der Waals surface area contributed by atoms with Crippen molar-refractivity contribution >= 4 is 22.7 Å². The molecule has 0 saturated heterocycles. The number of hydrogen-bond acceptors (Lipinski definition) is 3. The van der Waals surface area contributed by atoms with Gasteiger partial charge in [-0.15, -0.1) is 0 Å². The topological polar surface area (TPSA) is 71.9 Å². The van der Waals surface area contributed by atoms with E-state index >= 15 is 0 Å². The molecule has 1 saturated carbocycles. The summed E-state index contributed by atoms with van der Waals surface area (Å²) >= 11 is 0. The fourth-order valence-electron chi connectivity index (χ4n) is 2.82. The second-order valence-electron chi connectivity index (χ2n) is 6.65. The molecule has 2 aromatic rings. The first-order valence-corrected chi connectivity index (χ1v) is 8.52. The SMILES string of the molecule is COc1ccc2cc(C[NH+](C)CC(=O)NC(=O)NC3CC3)ccc2c1. The molecule has 0 bridgehead atoms. The molecule has 3 rings (SSSR count). The summed E-state index contributed by atoms with van der Waals surface area (Å²) in [4.78, 5) is 24.5. The summed E-state index contributed by atoms with van der Waals surface area (Å²) in [6.45, 7) is 0.957. The van der Waals surface area contributed by atoms with Crippen LogP contribution in [0.5, 0.6) is 5.75 Å². The summed E-state index contributed by atoms with van der Waals surface area (Å²) < 4.78 is 5.24. The Labute approximate surface area is 147 Å². The van der Waals surface area contributed by atoms with E-state index in [0.29, 0.717) is 6.54 Å². The number of likely N-dealkylation sites (N-methyl/N-ethyl adjacent to an activating group) is 1. The van der Waals surface area contributed by atoms with Crippen LogP contribution in [-0.2, 0) is 11.3 Å². The Hall–Kier alpha value is -2.60. The maximum Gasteiger partial charge on any atom is 0.321 e. The first-order chi connectivity index (χ1) is 12.0. The molecule has 1 aliphatic carbocycles. The van der Waals surface area contributed by atoms with Gasteiger partial charge in [-0.05, 0) is 41.8 Å². The van der Waals surface area contributed by atoms with Gasteiger partial charge in [-0.2, -0.15) is 0 Å². The van der Waals surface area contributed by atoms with Crippen LogP contribution < -0.4 is 20.3 Å². The molecule has 25 heavy (non-hydrogen) atoms. The minimum Gasteiger partial charge on any atom is -0.497 e. The Balaban J connectivity index is 1.54. The summed E-state index contributed by atoms with van der Waals surface area (Å²) in [6.07, 6.45) is 2.00. The fourth-order valence-corrected chi connectivity index (χ4v) is 2.82. The molecule has 1 unspecified atom stereocenters. The number of amides is 3. The maximum atomic E-state index is 11.9. The van der Waals surface area contributed by atoms with Crippen LogP contribution >= 0.6 is 0 Å². The van der Waals surface area contributed by atoms with E-state index in [-0.39, 0.29) is 24.5 Å². The van der Waals surface area contributed by atoms with Crippen LogP contribution in [0.15, 0.2) is 36.4 Å². The van der Waals surface area contributed by atoms with Gasteiger partial charge in [-0.3, -0.25) is 10.1 Å². The number of carbonyl (C=O) groups is 2.